The molecule has 0 spiro atoms. The van der Waals surface area contributed by atoms with Gasteiger partial charge >= 0.3 is 0 Å². The Balaban J connectivity index is 1.11. The summed E-state index contributed by atoms with van der Waals surface area (Å²) in [7, 11) is 0. The van der Waals surface area contributed by atoms with Gasteiger partial charge in [-0.1, -0.05) is 140 Å². The molecule has 0 radical (unpaired) electrons. The van der Waals surface area contributed by atoms with Gasteiger partial charge in [0.2, 0.25) is 0 Å². The summed E-state index contributed by atoms with van der Waals surface area (Å²) in [6.45, 7) is 0. The third-order valence-electron chi connectivity index (χ3n) is 9.41. The van der Waals surface area contributed by atoms with Gasteiger partial charge in [0.25, 0.3) is 0 Å². The summed E-state index contributed by atoms with van der Waals surface area (Å²) >= 11 is 1.88. The molecule has 48 heavy (non-hydrogen) atoms. The molecule has 10 rings (SSSR count). The van der Waals surface area contributed by atoms with Crippen LogP contribution in [-0.2, 0) is 0 Å². The van der Waals surface area contributed by atoms with E-state index in [1.165, 1.54) is 48.2 Å². The van der Waals surface area contributed by atoms with Crippen molar-refractivity contribution in [2.24, 2.45) is 0 Å². The molecule has 10 aromatic rings. The van der Waals surface area contributed by atoms with E-state index < -0.39 is 0 Å². The Morgan fingerprint density at radius 3 is 1.65 bits per heavy atom. The molecule has 0 atom stereocenters. The van der Waals surface area contributed by atoms with E-state index in [2.05, 4.69) is 162 Å². The highest BCUT2D eigenvalue weighted by Crippen LogP contribution is 2.45. The second kappa shape index (κ2) is 10.7. The van der Waals surface area contributed by atoms with E-state index >= 15 is 0 Å². The Morgan fingerprint density at radius 2 is 0.958 bits per heavy atom. The first-order valence-electron chi connectivity index (χ1n) is 16.2. The Kier molecular flexibility index (Phi) is 6.05. The Bertz CT molecular complexity index is 2810. The van der Waals surface area contributed by atoms with Gasteiger partial charge in [0, 0.05) is 38.4 Å². The number of fused-ring (bicyclic) bond motifs is 8. The molecule has 0 unspecified atom stereocenters. The van der Waals surface area contributed by atoms with Gasteiger partial charge in [0.15, 0.2) is 0 Å². The molecule has 4 heterocycles. The summed E-state index contributed by atoms with van der Waals surface area (Å²) in [5.74, 6) is 0. The summed E-state index contributed by atoms with van der Waals surface area (Å²) in [6, 6.07) is 58.2. The average Bonchev–Trinajstić information content (AvgIpc) is 3.70. The molecule has 4 heteroatoms. The minimum Gasteiger partial charge on any atom is -0.299 e. The lowest BCUT2D eigenvalue weighted by Gasteiger charge is -2.09. The van der Waals surface area contributed by atoms with Crippen LogP contribution in [0.3, 0.4) is 0 Å². The maximum absolute atomic E-state index is 5.20. The van der Waals surface area contributed by atoms with Crippen LogP contribution in [0.2, 0.25) is 0 Å². The van der Waals surface area contributed by atoms with Gasteiger partial charge in [0.05, 0.1) is 38.2 Å². The molecular weight excluding hydrogens is 603 g/mol. The highest BCUT2D eigenvalue weighted by atomic mass is 32.1. The number of pyridine rings is 2. The van der Waals surface area contributed by atoms with Gasteiger partial charge in [0.1, 0.15) is 4.83 Å². The first-order chi connectivity index (χ1) is 23.8. The number of benzene rings is 6. The molecule has 0 aliphatic rings. The van der Waals surface area contributed by atoms with E-state index in [9.17, 15) is 0 Å². The zero-order valence-corrected chi connectivity index (χ0v) is 26.7. The molecule has 0 N–H and O–H groups in total. The van der Waals surface area contributed by atoms with Crippen LogP contribution in [0.15, 0.2) is 164 Å². The van der Waals surface area contributed by atoms with Gasteiger partial charge in [-0.05, 0) is 35.4 Å². The predicted octanol–water partition coefficient (Wildman–Crippen LogP) is 12.1. The van der Waals surface area contributed by atoms with Crippen LogP contribution < -0.4 is 0 Å². The highest BCUT2D eigenvalue weighted by molar-refractivity contribution is 7.25. The quantitative estimate of drug-likeness (QED) is 0.181. The molecule has 224 valence electrons. The van der Waals surface area contributed by atoms with E-state index in [4.69, 9.17) is 9.97 Å². The van der Waals surface area contributed by atoms with Crippen molar-refractivity contribution in [1.82, 2.24) is 14.4 Å². The van der Waals surface area contributed by atoms with E-state index in [1.54, 1.807) is 0 Å². The van der Waals surface area contributed by atoms with E-state index in [0.29, 0.717) is 0 Å². The molecule has 0 aliphatic carbocycles. The largest absolute Gasteiger partial charge is 0.299 e. The van der Waals surface area contributed by atoms with Crippen molar-refractivity contribution in [2.45, 2.75) is 0 Å². The third-order valence-corrected chi connectivity index (χ3v) is 10.6. The van der Waals surface area contributed by atoms with Crippen molar-refractivity contribution >= 4 is 59.1 Å². The number of nitrogens with zero attached hydrogens (tertiary/aromatic N) is 3. The standard InChI is InChI=1S/C44H27N3S/c1-3-10-28(11-4-1)34-15-9-17-39-43(34)48-44-40(35-14-7-8-16-38(35)47(39)44)31-20-18-30(19-21-31)37-27-25-33-23-22-32-24-26-36(29-12-5-2-6-13-29)45-41(32)42(33)46-37/h1-27H. The van der Waals surface area contributed by atoms with Gasteiger partial charge in [-0.2, -0.15) is 0 Å². The van der Waals surface area contributed by atoms with Crippen molar-refractivity contribution in [3.05, 3.63) is 164 Å². The highest BCUT2D eigenvalue weighted by Gasteiger charge is 2.20. The maximum Gasteiger partial charge on any atom is 0.109 e. The number of aromatic nitrogens is 3. The Morgan fingerprint density at radius 1 is 0.417 bits per heavy atom. The van der Waals surface area contributed by atoms with Gasteiger partial charge in [-0.3, -0.25) is 4.40 Å². The van der Waals surface area contributed by atoms with Crippen LogP contribution in [0, 0.1) is 0 Å². The van der Waals surface area contributed by atoms with Crippen LogP contribution in [-0.4, -0.2) is 14.4 Å². The van der Waals surface area contributed by atoms with Crippen molar-refractivity contribution in [3.8, 4) is 44.8 Å². The fraction of sp³-hybridized carbons (Fsp3) is 0. The van der Waals surface area contributed by atoms with Gasteiger partial charge in [-0.25, -0.2) is 9.97 Å². The molecular formula is C44H27N3S. The monoisotopic (exact) mass is 629 g/mol. The maximum atomic E-state index is 5.20. The molecule has 0 amide bonds. The molecule has 0 aliphatic heterocycles. The van der Waals surface area contributed by atoms with Gasteiger partial charge < -0.3 is 0 Å². The molecule has 0 bridgehead atoms. The molecule has 6 aromatic carbocycles. The van der Waals surface area contributed by atoms with E-state index in [-0.39, 0.29) is 0 Å². The third kappa shape index (κ3) is 4.20. The zero-order valence-electron chi connectivity index (χ0n) is 25.8. The SMILES string of the molecule is c1ccc(-c2ccc3ccc4ccc(-c5ccc(-c6c7ccccc7n7c6sc6c(-c8ccccc8)cccc67)cc5)nc4c3n2)cc1. The van der Waals surface area contributed by atoms with E-state index in [0.717, 1.165) is 44.3 Å². The number of thiazole rings is 1. The van der Waals surface area contributed by atoms with Crippen molar-refractivity contribution in [3.63, 3.8) is 0 Å². The molecule has 4 aromatic heterocycles. The van der Waals surface area contributed by atoms with Crippen molar-refractivity contribution in [1.29, 1.82) is 0 Å². The summed E-state index contributed by atoms with van der Waals surface area (Å²) in [4.78, 5) is 11.6. The van der Waals surface area contributed by atoms with Crippen LogP contribution in [0.25, 0.3) is 92.5 Å². The normalized spacial score (nSPS) is 11.8. The zero-order chi connectivity index (χ0) is 31.6. The molecule has 0 fully saturated rings. The first kappa shape index (κ1) is 27.1. The topological polar surface area (TPSA) is 30.2 Å². The number of para-hydroxylation sites is 1. The molecule has 0 saturated carbocycles. The van der Waals surface area contributed by atoms with Crippen LogP contribution >= 0.6 is 11.3 Å². The fourth-order valence-electron chi connectivity index (χ4n) is 7.09. The minimum atomic E-state index is 0.923. The predicted molar refractivity (Wildman–Crippen MR) is 203 cm³/mol. The number of hydrogen-bond donors (Lipinski definition) is 0. The van der Waals surface area contributed by atoms with Crippen molar-refractivity contribution < 1.29 is 0 Å². The average molecular weight is 630 g/mol. The van der Waals surface area contributed by atoms with Crippen LogP contribution in [0.5, 0.6) is 0 Å². The lowest BCUT2D eigenvalue weighted by molar-refractivity contribution is 1.36. The summed E-state index contributed by atoms with van der Waals surface area (Å²) < 4.78 is 3.75. The Labute approximate surface area is 281 Å². The second-order valence-electron chi connectivity index (χ2n) is 12.2. The smallest absolute Gasteiger partial charge is 0.109 e. The minimum absolute atomic E-state index is 0.923. The summed E-state index contributed by atoms with van der Waals surface area (Å²) in [6.07, 6.45) is 0. The number of hydrogen-bond acceptors (Lipinski definition) is 3. The van der Waals surface area contributed by atoms with Crippen LogP contribution in [0.1, 0.15) is 0 Å². The number of rotatable bonds is 4. The van der Waals surface area contributed by atoms with Gasteiger partial charge in [-0.15, -0.1) is 11.3 Å². The second-order valence-corrected chi connectivity index (χ2v) is 13.2. The van der Waals surface area contributed by atoms with Crippen molar-refractivity contribution in [2.75, 3.05) is 0 Å². The fourth-order valence-corrected chi connectivity index (χ4v) is 8.46. The summed E-state index contributed by atoms with van der Waals surface area (Å²) in [5.41, 5.74) is 13.4. The first-order valence-corrected chi connectivity index (χ1v) is 17.0. The summed E-state index contributed by atoms with van der Waals surface area (Å²) in [5, 5.41) is 3.44. The lowest BCUT2D eigenvalue weighted by atomic mass is 10.0. The van der Waals surface area contributed by atoms with Crippen LogP contribution in [0.4, 0.5) is 0 Å². The molecule has 3 nitrogen and oxygen atoms in total. The molecule has 0 saturated heterocycles. The lowest BCUT2D eigenvalue weighted by Crippen LogP contribution is -1.91. The Hall–Kier alpha value is -6.10. The van der Waals surface area contributed by atoms with E-state index in [1.807, 2.05) is 17.4 Å².